The van der Waals surface area contributed by atoms with Gasteiger partial charge >= 0.3 is 0 Å². The number of hydrogen-bond donors (Lipinski definition) is 1. The van der Waals surface area contributed by atoms with Crippen LogP contribution in [0.1, 0.15) is 13.3 Å². The molecule has 0 aliphatic rings. The third-order valence-electron chi connectivity index (χ3n) is 1.78. The molecule has 70 valence electrons. The van der Waals surface area contributed by atoms with Crippen LogP contribution in [-0.4, -0.2) is 6.04 Å². The molecule has 1 unspecified atom stereocenters. The minimum Gasteiger partial charge on any atom is -0.382 e. The van der Waals surface area contributed by atoms with Crippen LogP contribution in [0.2, 0.25) is 5.02 Å². The van der Waals surface area contributed by atoms with E-state index in [-0.39, 0.29) is 0 Å². The van der Waals surface area contributed by atoms with Crippen molar-refractivity contribution in [2.24, 2.45) is 0 Å². The molecule has 0 fully saturated rings. The second-order valence-electron chi connectivity index (χ2n) is 3.08. The lowest BCUT2D eigenvalue weighted by Crippen LogP contribution is -2.13. The molecule has 1 nitrogen and oxygen atoms in total. The molecule has 1 aromatic carbocycles. The number of anilines is 1. The van der Waals surface area contributed by atoms with Gasteiger partial charge in [-0.3, -0.25) is 0 Å². The predicted octanol–water partition coefficient (Wildman–Crippen LogP) is 3.72. The second-order valence-corrected chi connectivity index (χ2v) is 3.51. The number of nitrogens with one attached hydrogen (secondary N) is 1. The molecule has 1 N–H and O–H groups in total. The van der Waals surface area contributed by atoms with Gasteiger partial charge in [-0.25, -0.2) is 0 Å². The third-order valence-corrected chi connectivity index (χ3v) is 2.03. The highest BCUT2D eigenvalue weighted by Crippen LogP contribution is 2.14. The van der Waals surface area contributed by atoms with Gasteiger partial charge in [0.25, 0.3) is 0 Å². The topological polar surface area (TPSA) is 12.0 Å². The molecule has 0 spiro atoms. The quantitative estimate of drug-likeness (QED) is 0.723. The predicted molar refractivity (Wildman–Crippen MR) is 59.4 cm³/mol. The molecular formula is C11H14ClN. The van der Waals surface area contributed by atoms with Crippen LogP contribution < -0.4 is 5.32 Å². The summed E-state index contributed by atoms with van der Waals surface area (Å²) in [4.78, 5) is 0. The van der Waals surface area contributed by atoms with Gasteiger partial charge < -0.3 is 5.32 Å². The summed E-state index contributed by atoms with van der Waals surface area (Å²) in [6, 6.07) is 8.12. The number of benzene rings is 1. The first-order valence-electron chi connectivity index (χ1n) is 4.35. The molecule has 2 heteroatoms. The van der Waals surface area contributed by atoms with Gasteiger partial charge in [0, 0.05) is 16.8 Å². The van der Waals surface area contributed by atoms with E-state index in [0.717, 1.165) is 17.1 Å². The Morgan fingerprint density at radius 1 is 1.46 bits per heavy atom. The van der Waals surface area contributed by atoms with Crippen LogP contribution in [0, 0.1) is 0 Å². The smallest absolute Gasteiger partial charge is 0.0407 e. The summed E-state index contributed by atoms with van der Waals surface area (Å²) in [6.45, 7) is 5.82. The van der Waals surface area contributed by atoms with Gasteiger partial charge in [0.05, 0.1) is 0 Å². The van der Waals surface area contributed by atoms with Crippen molar-refractivity contribution in [2.45, 2.75) is 19.4 Å². The van der Waals surface area contributed by atoms with Crippen molar-refractivity contribution in [1.82, 2.24) is 0 Å². The first kappa shape index (κ1) is 10.1. The van der Waals surface area contributed by atoms with Gasteiger partial charge in [-0.2, -0.15) is 0 Å². The zero-order valence-corrected chi connectivity index (χ0v) is 8.51. The van der Waals surface area contributed by atoms with Gasteiger partial charge in [0.15, 0.2) is 0 Å². The second kappa shape index (κ2) is 4.93. The monoisotopic (exact) mass is 195 g/mol. The lowest BCUT2D eigenvalue weighted by Gasteiger charge is -2.12. The highest BCUT2D eigenvalue weighted by Gasteiger charge is 1.98. The van der Waals surface area contributed by atoms with Crippen molar-refractivity contribution in [3.8, 4) is 0 Å². The maximum Gasteiger partial charge on any atom is 0.0407 e. The fraction of sp³-hybridized carbons (Fsp3) is 0.273. The standard InChI is InChI=1S/C11H14ClN/c1-3-4-9(2)13-11-7-5-10(12)6-8-11/h3,5-9,13H,1,4H2,2H3. The Hall–Kier alpha value is -0.950. The summed E-state index contributed by atoms with van der Waals surface area (Å²) in [5, 5.41) is 4.11. The molecule has 1 rings (SSSR count). The maximum absolute atomic E-state index is 5.77. The largest absolute Gasteiger partial charge is 0.382 e. The van der Waals surface area contributed by atoms with Crippen molar-refractivity contribution in [2.75, 3.05) is 5.32 Å². The Bertz CT molecular complexity index is 266. The van der Waals surface area contributed by atoms with E-state index in [1.807, 2.05) is 30.3 Å². The fourth-order valence-corrected chi connectivity index (χ4v) is 1.27. The van der Waals surface area contributed by atoms with Gasteiger partial charge in [0.2, 0.25) is 0 Å². The molecule has 0 saturated heterocycles. The normalized spacial score (nSPS) is 12.2. The molecule has 0 aliphatic carbocycles. The Labute approximate surface area is 84.4 Å². The first-order valence-corrected chi connectivity index (χ1v) is 4.73. The van der Waals surface area contributed by atoms with Crippen LogP contribution in [-0.2, 0) is 0 Å². The third kappa shape index (κ3) is 3.51. The average molecular weight is 196 g/mol. The zero-order valence-electron chi connectivity index (χ0n) is 7.76. The van der Waals surface area contributed by atoms with Crippen molar-refractivity contribution >= 4 is 17.3 Å². The molecular weight excluding hydrogens is 182 g/mol. The maximum atomic E-state index is 5.77. The SMILES string of the molecule is C=CCC(C)Nc1ccc(Cl)cc1. The van der Waals surface area contributed by atoms with Crippen molar-refractivity contribution in [1.29, 1.82) is 0 Å². The molecule has 0 saturated carbocycles. The Morgan fingerprint density at radius 3 is 2.62 bits per heavy atom. The minimum atomic E-state index is 0.415. The van der Waals surface area contributed by atoms with Gasteiger partial charge in [-0.15, -0.1) is 6.58 Å². The Balaban J connectivity index is 2.53. The minimum absolute atomic E-state index is 0.415. The molecule has 0 bridgehead atoms. The Kier molecular flexibility index (Phi) is 3.84. The van der Waals surface area contributed by atoms with E-state index >= 15 is 0 Å². The van der Waals surface area contributed by atoms with E-state index in [0.29, 0.717) is 6.04 Å². The summed E-state index contributed by atoms with van der Waals surface area (Å²) >= 11 is 5.77. The lowest BCUT2D eigenvalue weighted by molar-refractivity contribution is 0.814. The number of halogens is 1. The van der Waals surface area contributed by atoms with Crippen LogP contribution >= 0.6 is 11.6 Å². The van der Waals surface area contributed by atoms with E-state index in [1.54, 1.807) is 0 Å². The number of rotatable bonds is 4. The van der Waals surface area contributed by atoms with E-state index in [9.17, 15) is 0 Å². The van der Waals surface area contributed by atoms with Gasteiger partial charge in [-0.1, -0.05) is 17.7 Å². The van der Waals surface area contributed by atoms with Crippen LogP contribution in [0.4, 0.5) is 5.69 Å². The van der Waals surface area contributed by atoms with Gasteiger partial charge in [0.1, 0.15) is 0 Å². The molecule has 0 aromatic heterocycles. The van der Waals surface area contributed by atoms with Crippen molar-refractivity contribution in [3.63, 3.8) is 0 Å². The average Bonchev–Trinajstić information content (AvgIpc) is 2.09. The fourth-order valence-electron chi connectivity index (χ4n) is 1.14. The van der Waals surface area contributed by atoms with Crippen molar-refractivity contribution in [3.05, 3.63) is 41.9 Å². The van der Waals surface area contributed by atoms with Crippen molar-refractivity contribution < 1.29 is 0 Å². The molecule has 0 radical (unpaired) electrons. The van der Waals surface area contributed by atoms with Crippen LogP contribution in [0.25, 0.3) is 0 Å². The highest BCUT2D eigenvalue weighted by molar-refractivity contribution is 6.30. The molecule has 0 heterocycles. The first-order chi connectivity index (χ1) is 6.22. The van der Waals surface area contributed by atoms with E-state index in [1.165, 1.54) is 0 Å². The zero-order chi connectivity index (χ0) is 9.68. The summed E-state index contributed by atoms with van der Waals surface area (Å²) in [5.41, 5.74) is 1.10. The lowest BCUT2D eigenvalue weighted by atomic mass is 10.2. The summed E-state index contributed by atoms with van der Waals surface area (Å²) in [7, 11) is 0. The molecule has 1 atom stereocenters. The van der Waals surface area contributed by atoms with Crippen LogP contribution in [0.3, 0.4) is 0 Å². The molecule has 0 amide bonds. The van der Waals surface area contributed by atoms with E-state index < -0.39 is 0 Å². The van der Waals surface area contributed by atoms with Crippen LogP contribution in [0.15, 0.2) is 36.9 Å². The summed E-state index contributed by atoms with van der Waals surface area (Å²) in [6.07, 6.45) is 2.87. The van der Waals surface area contributed by atoms with E-state index in [4.69, 9.17) is 11.6 Å². The summed E-state index contributed by atoms with van der Waals surface area (Å²) < 4.78 is 0. The molecule has 1 aromatic rings. The Morgan fingerprint density at radius 2 is 2.08 bits per heavy atom. The van der Waals surface area contributed by atoms with Gasteiger partial charge in [-0.05, 0) is 37.6 Å². The molecule has 0 aliphatic heterocycles. The summed E-state index contributed by atoms with van der Waals surface area (Å²) in [5.74, 6) is 0. The highest BCUT2D eigenvalue weighted by atomic mass is 35.5. The van der Waals surface area contributed by atoms with E-state index in [2.05, 4.69) is 18.8 Å². The number of hydrogen-bond acceptors (Lipinski definition) is 1. The molecule has 13 heavy (non-hydrogen) atoms. The van der Waals surface area contributed by atoms with Crippen LogP contribution in [0.5, 0.6) is 0 Å².